The third-order valence-corrected chi connectivity index (χ3v) is 3.69. The molecule has 2 aromatic carbocycles. The molecule has 2 aromatic rings. The molecule has 1 aliphatic heterocycles. The van der Waals surface area contributed by atoms with Crippen LogP contribution in [-0.2, 0) is 0 Å². The van der Waals surface area contributed by atoms with E-state index in [1.807, 2.05) is 19.1 Å². The second kappa shape index (κ2) is 4.80. The summed E-state index contributed by atoms with van der Waals surface area (Å²) in [6, 6.07) is 9.95. The van der Waals surface area contributed by atoms with Crippen LogP contribution >= 0.6 is 11.6 Å². The van der Waals surface area contributed by atoms with E-state index in [4.69, 9.17) is 11.6 Å². The predicted molar refractivity (Wildman–Crippen MR) is 76.4 cm³/mol. The smallest absolute Gasteiger partial charge is 0.255 e. The van der Waals surface area contributed by atoms with E-state index in [1.54, 1.807) is 12.1 Å². The zero-order chi connectivity index (χ0) is 14.3. The number of carbonyl (C=O) groups excluding carboxylic acids is 1. The van der Waals surface area contributed by atoms with Crippen LogP contribution in [0.2, 0.25) is 5.02 Å². The van der Waals surface area contributed by atoms with Crippen LogP contribution in [0.15, 0.2) is 36.4 Å². The van der Waals surface area contributed by atoms with Gasteiger partial charge in [0.05, 0.1) is 10.6 Å². The van der Waals surface area contributed by atoms with Gasteiger partial charge in [-0.3, -0.25) is 4.79 Å². The Bertz CT molecular complexity index is 682. The average molecular weight is 291 g/mol. The van der Waals surface area contributed by atoms with Gasteiger partial charge in [0.2, 0.25) is 0 Å². The van der Waals surface area contributed by atoms with Crippen molar-refractivity contribution in [2.45, 2.75) is 13.1 Å². The Balaban J connectivity index is 2.06. The zero-order valence-electron chi connectivity index (χ0n) is 10.7. The van der Waals surface area contributed by atoms with E-state index in [9.17, 15) is 9.18 Å². The van der Waals surface area contributed by atoms with Gasteiger partial charge in [0, 0.05) is 11.3 Å². The van der Waals surface area contributed by atoms with Gasteiger partial charge in [0.25, 0.3) is 5.91 Å². The minimum absolute atomic E-state index is 0.235. The van der Waals surface area contributed by atoms with Gasteiger partial charge in [-0.25, -0.2) is 4.39 Å². The summed E-state index contributed by atoms with van der Waals surface area (Å²) in [5.41, 5.74) is 2.37. The summed E-state index contributed by atoms with van der Waals surface area (Å²) in [4.78, 5) is 12.2. The van der Waals surface area contributed by atoms with E-state index in [0.717, 1.165) is 5.56 Å². The molecule has 1 aliphatic rings. The number of nitrogens with one attached hydrogen (secondary N) is 2. The second-order valence-electron chi connectivity index (χ2n) is 4.68. The summed E-state index contributed by atoms with van der Waals surface area (Å²) in [7, 11) is 0. The van der Waals surface area contributed by atoms with Gasteiger partial charge < -0.3 is 10.6 Å². The Morgan fingerprint density at radius 2 is 1.90 bits per heavy atom. The first-order chi connectivity index (χ1) is 9.58. The first-order valence-corrected chi connectivity index (χ1v) is 6.56. The van der Waals surface area contributed by atoms with Crippen LogP contribution in [0.1, 0.15) is 27.7 Å². The SMILES string of the molecule is Cc1cccc2c1C(=O)NC(c1c(F)cccc1Cl)N2. The van der Waals surface area contributed by atoms with Crippen LogP contribution < -0.4 is 10.6 Å². The highest BCUT2D eigenvalue weighted by molar-refractivity contribution is 6.31. The monoisotopic (exact) mass is 290 g/mol. The number of amides is 1. The molecule has 1 unspecified atom stereocenters. The topological polar surface area (TPSA) is 41.1 Å². The number of halogens is 2. The fraction of sp³-hybridized carbons (Fsp3) is 0.133. The summed E-state index contributed by atoms with van der Waals surface area (Å²) in [5, 5.41) is 6.12. The first kappa shape index (κ1) is 12.9. The molecule has 1 heterocycles. The summed E-state index contributed by atoms with van der Waals surface area (Å²) in [6.07, 6.45) is -0.675. The van der Waals surface area contributed by atoms with Crippen LogP contribution in [-0.4, -0.2) is 5.91 Å². The third-order valence-electron chi connectivity index (χ3n) is 3.36. The number of rotatable bonds is 1. The Kier molecular flexibility index (Phi) is 3.10. The van der Waals surface area contributed by atoms with Crippen molar-refractivity contribution >= 4 is 23.2 Å². The van der Waals surface area contributed by atoms with Crippen LogP contribution in [0.25, 0.3) is 0 Å². The van der Waals surface area contributed by atoms with Crippen molar-refractivity contribution in [3.63, 3.8) is 0 Å². The molecule has 0 radical (unpaired) electrons. The van der Waals surface area contributed by atoms with Crippen molar-refractivity contribution in [3.8, 4) is 0 Å². The van der Waals surface area contributed by atoms with Crippen LogP contribution in [0, 0.1) is 12.7 Å². The predicted octanol–water partition coefficient (Wildman–Crippen LogP) is 3.64. The molecule has 0 saturated carbocycles. The standard InChI is InChI=1S/C15H12ClFN2O/c1-8-4-2-7-11-12(8)15(20)19-14(18-11)13-9(16)5-3-6-10(13)17/h2-7,14,18H,1H3,(H,19,20). The summed E-state index contributed by atoms with van der Waals surface area (Å²) in [6.45, 7) is 1.86. The highest BCUT2D eigenvalue weighted by Gasteiger charge is 2.28. The van der Waals surface area contributed by atoms with Gasteiger partial charge in [-0.1, -0.05) is 29.8 Å². The van der Waals surface area contributed by atoms with Crippen molar-refractivity contribution in [1.82, 2.24) is 5.32 Å². The van der Waals surface area contributed by atoms with Crippen molar-refractivity contribution in [3.05, 3.63) is 63.9 Å². The molecule has 0 aliphatic carbocycles. The minimum Gasteiger partial charge on any atom is -0.361 e. The number of carbonyl (C=O) groups is 1. The molecular formula is C15H12ClFN2O. The van der Waals surface area contributed by atoms with Gasteiger partial charge in [-0.05, 0) is 30.7 Å². The van der Waals surface area contributed by atoms with Crippen molar-refractivity contribution in [2.75, 3.05) is 5.32 Å². The van der Waals surface area contributed by atoms with Crippen molar-refractivity contribution in [2.24, 2.45) is 0 Å². The maximum absolute atomic E-state index is 13.9. The molecule has 5 heteroatoms. The summed E-state index contributed by atoms with van der Waals surface area (Å²) >= 11 is 6.04. The van der Waals surface area contributed by atoms with E-state index < -0.39 is 12.0 Å². The number of benzene rings is 2. The van der Waals surface area contributed by atoms with E-state index in [0.29, 0.717) is 11.3 Å². The van der Waals surface area contributed by atoms with Gasteiger partial charge in [0.1, 0.15) is 12.0 Å². The van der Waals surface area contributed by atoms with Crippen LogP contribution in [0.4, 0.5) is 10.1 Å². The normalized spacial score (nSPS) is 17.1. The third kappa shape index (κ3) is 2.02. The lowest BCUT2D eigenvalue weighted by Crippen LogP contribution is -2.39. The molecule has 0 saturated heterocycles. The Morgan fingerprint density at radius 1 is 1.15 bits per heavy atom. The Morgan fingerprint density at radius 3 is 2.65 bits per heavy atom. The van der Waals surface area contributed by atoms with E-state index in [2.05, 4.69) is 10.6 Å². The number of hydrogen-bond donors (Lipinski definition) is 2. The second-order valence-corrected chi connectivity index (χ2v) is 5.09. The van der Waals surface area contributed by atoms with Gasteiger partial charge in [0.15, 0.2) is 0 Å². The van der Waals surface area contributed by atoms with Gasteiger partial charge >= 0.3 is 0 Å². The maximum atomic E-state index is 13.9. The Hall–Kier alpha value is -2.07. The molecule has 20 heavy (non-hydrogen) atoms. The zero-order valence-corrected chi connectivity index (χ0v) is 11.5. The van der Waals surface area contributed by atoms with Crippen LogP contribution in [0.3, 0.4) is 0 Å². The van der Waals surface area contributed by atoms with Crippen molar-refractivity contribution < 1.29 is 9.18 Å². The highest BCUT2D eigenvalue weighted by atomic mass is 35.5. The maximum Gasteiger partial charge on any atom is 0.255 e. The van der Waals surface area contributed by atoms with Crippen LogP contribution in [0.5, 0.6) is 0 Å². The largest absolute Gasteiger partial charge is 0.361 e. The lowest BCUT2D eigenvalue weighted by Gasteiger charge is -2.29. The number of anilines is 1. The number of fused-ring (bicyclic) bond motifs is 1. The first-order valence-electron chi connectivity index (χ1n) is 6.19. The molecular weight excluding hydrogens is 279 g/mol. The summed E-state index contributed by atoms with van der Waals surface area (Å²) in [5.74, 6) is -0.687. The lowest BCUT2D eigenvalue weighted by molar-refractivity contribution is 0.0934. The quantitative estimate of drug-likeness (QED) is 0.842. The molecule has 102 valence electrons. The van der Waals surface area contributed by atoms with E-state index in [1.165, 1.54) is 12.1 Å². The molecule has 1 atom stereocenters. The molecule has 3 rings (SSSR count). The fourth-order valence-corrected chi connectivity index (χ4v) is 2.69. The molecule has 1 amide bonds. The Labute approximate surface area is 120 Å². The van der Waals surface area contributed by atoms with E-state index >= 15 is 0 Å². The lowest BCUT2D eigenvalue weighted by atomic mass is 10.0. The molecule has 3 nitrogen and oxygen atoms in total. The highest BCUT2D eigenvalue weighted by Crippen LogP contribution is 2.32. The molecule has 0 aromatic heterocycles. The molecule has 0 bridgehead atoms. The molecule has 2 N–H and O–H groups in total. The van der Waals surface area contributed by atoms with Gasteiger partial charge in [-0.15, -0.1) is 0 Å². The van der Waals surface area contributed by atoms with Crippen molar-refractivity contribution in [1.29, 1.82) is 0 Å². The average Bonchev–Trinajstić information content (AvgIpc) is 2.38. The van der Waals surface area contributed by atoms with E-state index in [-0.39, 0.29) is 16.5 Å². The minimum atomic E-state index is -0.675. The number of aryl methyl sites for hydroxylation is 1. The van der Waals surface area contributed by atoms with Gasteiger partial charge in [-0.2, -0.15) is 0 Å². The summed E-state index contributed by atoms with van der Waals surface area (Å²) < 4.78 is 13.9. The molecule has 0 spiro atoms. The molecule has 0 fully saturated rings. The number of hydrogen-bond acceptors (Lipinski definition) is 2. The fourth-order valence-electron chi connectivity index (χ4n) is 2.42.